The number of rotatable bonds is 8. The van der Waals surface area contributed by atoms with E-state index in [0.717, 1.165) is 12.2 Å². The van der Waals surface area contributed by atoms with Crippen molar-refractivity contribution in [3.8, 4) is 5.75 Å². The Morgan fingerprint density at radius 3 is 2.55 bits per heavy atom. The van der Waals surface area contributed by atoms with Crippen molar-refractivity contribution in [2.24, 2.45) is 0 Å². The number of carboxylic acid groups (broad SMARTS) is 1. The maximum absolute atomic E-state index is 13.2. The predicted octanol–water partition coefficient (Wildman–Crippen LogP) is 4.24. The lowest BCUT2D eigenvalue weighted by Gasteiger charge is -2.13. The second kappa shape index (κ2) is 8.17. The molecule has 0 saturated heterocycles. The zero-order valence-corrected chi connectivity index (χ0v) is 12.2. The van der Waals surface area contributed by atoms with Crippen molar-refractivity contribution in [2.75, 3.05) is 6.61 Å². The number of carboxylic acids is 1. The molecule has 0 spiro atoms. The number of hydrogen-bond donors (Lipinski definition) is 1. The van der Waals surface area contributed by atoms with Crippen LogP contribution in [0.3, 0.4) is 0 Å². The van der Waals surface area contributed by atoms with Crippen LogP contribution in [0.1, 0.15) is 30.7 Å². The largest absolute Gasteiger partial charge is 0.494 e. The van der Waals surface area contributed by atoms with Gasteiger partial charge in [-0.3, -0.25) is 4.79 Å². The van der Waals surface area contributed by atoms with E-state index in [9.17, 15) is 14.3 Å². The molecular weight excluding hydrogens is 283 g/mol. The number of hydrogen-bond acceptors (Lipinski definition) is 2. The summed E-state index contributed by atoms with van der Waals surface area (Å²) in [6.45, 7) is 0.541. The van der Waals surface area contributed by atoms with E-state index in [0.29, 0.717) is 25.0 Å². The maximum atomic E-state index is 13.2. The lowest BCUT2D eigenvalue weighted by molar-refractivity contribution is -0.139. The van der Waals surface area contributed by atoms with Gasteiger partial charge in [0, 0.05) is 0 Å². The first-order chi connectivity index (χ1) is 10.7. The van der Waals surface area contributed by atoms with Crippen LogP contribution >= 0.6 is 0 Å². The van der Waals surface area contributed by atoms with Crippen LogP contribution in [0.15, 0.2) is 54.6 Å². The third kappa shape index (κ3) is 4.88. The normalized spacial score (nSPS) is 11.9. The fourth-order valence-corrected chi connectivity index (χ4v) is 2.31. The number of ether oxygens (including phenoxy) is 1. The first-order valence-electron chi connectivity index (χ1n) is 7.33. The van der Waals surface area contributed by atoms with E-state index in [1.807, 2.05) is 30.3 Å². The van der Waals surface area contributed by atoms with E-state index in [1.165, 1.54) is 12.1 Å². The SMILES string of the molecule is O=C(O)C(CCCCOc1ccccc1)c1cccc(F)c1. The molecular formula is C18H19FO3. The van der Waals surface area contributed by atoms with Crippen molar-refractivity contribution in [3.63, 3.8) is 0 Å². The zero-order chi connectivity index (χ0) is 15.8. The van der Waals surface area contributed by atoms with Gasteiger partial charge >= 0.3 is 5.97 Å². The summed E-state index contributed by atoms with van der Waals surface area (Å²) in [5.74, 6) is -1.19. The molecule has 0 aliphatic rings. The van der Waals surface area contributed by atoms with Crippen LogP contribution in [-0.4, -0.2) is 17.7 Å². The summed E-state index contributed by atoms with van der Waals surface area (Å²) in [4.78, 5) is 11.3. The van der Waals surface area contributed by atoms with Crippen molar-refractivity contribution in [1.29, 1.82) is 0 Å². The third-order valence-electron chi connectivity index (χ3n) is 3.45. The van der Waals surface area contributed by atoms with Crippen molar-refractivity contribution < 1.29 is 19.0 Å². The van der Waals surface area contributed by atoms with Crippen molar-refractivity contribution in [2.45, 2.75) is 25.2 Å². The van der Waals surface area contributed by atoms with Gasteiger partial charge in [-0.25, -0.2) is 4.39 Å². The highest BCUT2D eigenvalue weighted by atomic mass is 19.1. The van der Waals surface area contributed by atoms with Gasteiger partial charge in [-0.1, -0.05) is 30.3 Å². The molecule has 0 saturated carbocycles. The molecule has 0 fully saturated rings. The molecule has 4 heteroatoms. The summed E-state index contributed by atoms with van der Waals surface area (Å²) in [6.07, 6.45) is 1.94. The molecule has 0 aromatic heterocycles. The predicted molar refractivity (Wildman–Crippen MR) is 82.6 cm³/mol. The zero-order valence-electron chi connectivity index (χ0n) is 12.2. The molecule has 3 nitrogen and oxygen atoms in total. The van der Waals surface area contributed by atoms with Crippen LogP contribution in [0.4, 0.5) is 4.39 Å². The summed E-state index contributed by atoms with van der Waals surface area (Å²) in [6, 6.07) is 15.3. The highest BCUT2D eigenvalue weighted by Crippen LogP contribution is 2.23. The summed E-state index contributed by atoms with van der Waals surface area (Å²) in [5, 5.41) is 9.30. The van der Waals surface area contributed by atoms with Gasteiger partial charge in [-0.15, -0.1) is 0 Å². The van der Waals surface area contributed by atoms with E-state index in [4.69, 9.17) is 4.74 Å². The first kappa shape index (κ1) is 16.0. The van der Waals surface area contributed by atoms with E-state index in [2.05, 4.69) is 0 Å². The Hall–Kier alpha value is -2.36. The molecule has 1 N–H and O–H groups in total. The molecule has 0 aliphatic heterocycles. The number of aliphatic carboxylic acids is 1. The van der Waals surface area contributed by atoms with Gasteiger partial charge in [0.15, 0.2) is 0 Å². The molecule has 0 heterocycles. The number of unbranched alkanes of at least 4 members (excludes halogenated alkanes) is 1. The Balaban J connectivity index is 1.79. The molecule has 0 radical (unpaired) electrons. The smallest absolute Gasteiger partial charge is 0.310 e. The standard InChI is InChI=1S/C18H19FO3/c19-15-8-6-7-14(13-15)17(18(20)21)11-4-5-12-22-16-9-2-1-3-10-16/h1-3,6-10,13,17H,4-5,11-12H2,(H,20,21). The first-order valence-corrected chi connectivity index (χ1v) is 7.33. The Morgan fingerprint density at radius 2 is 1.86 bits per heavy atom. The number of para-hydroxylation sites is 1. The van der Waals surface area contributed by atoms with E-state index < -0.39 is 17.7 Å². The molecule has 22 heavy (non-hydrogen) atoms. The molecule has 0 aliphatic carbocycles. The lowest BCUT2D eigenvalue weighted by Crippen LogP contribution is -2.12. The van der Waals surface area contributed by atoms with Crippen molar-refractivity contribution >= 4 is 5.97 Å². The van der Waals surface area contributed by atoms with E-state index in [-0.39, 0.29) is 0 Å². The molecule has 1 atom stereocenters. The van der Waals surface area contributed by atoms with Crippen molar-refractivity contribution in [3.05, 3.63) is 66.0 Å². The van der Waals surface area contributed by atoms with Gasteiger partial charge in [0.25, 0.3) is 0 Å². The molecule has 2 aromatic carbocycles. The highest BCUT2D eigenvalue weighted by Gasteiger charge is 2.19. The summed E-state index contributed by atoms with van der Waals surface area (Å²) in [7, 11) is 0. The minimum atomic E-state index is -0.922. The van der Waals surface area contributed by atoms with Crippen LogP contribution < -0.4 is 4.74 Å². The fourth-order valence-electron chi connectivity index (χ4n) is 2.31. The monoisotopic (exact) mass is 302 g/mol. The number of carbonyl (C=O) groups is 1. The second-order valence-corrected chi connectivity index (χ2v) is 5.10. The van der Waals surface area contributed by atoms with E-state index >= 15 is 0 Å². The Labute approximate surface area is 129 Å². The minimum absolute atomic E-state index is 0.406. The molecule has 0 amide bonds. The van der Waals surface area contributed by atoms with Crippen molar-refractivity contribution in [1.82, 2.24) is 0 Å². The summed E-state index contributed by atoms with van der Waals surface area (Å²) in [5.41, 5.74) is 0.511. The Morgan fingerprint density at radius 1 is 1.09 bits per heavy atom. The topological polar surface area (TPSA) is 46.5 Å². The van der Waals surface area contributed by atoms with E-state index in [1.54, 1.807) is 12.1 Å². The van der Waals surface area contributed by atoms with Crippen LogP contribution in [0.25, 0.3) is 0 Å². The summed E-state index contributed by atoms with van der Waals surface area (Å²) < 4.78 is 18.8. The average Bonchev–Trinajstić information content (AvgIpc) is 2.51. The molecule has 2 aromatic rings. The number of benzene rings is 2. The highest BCUT2D eigenvalue weighted by molar-refractivity contribution is 5.76. The van der Waals surface area contributed by atoms with Crippen LogP contribution in [0.5, 0.6) is 5.75 Å². The molecule has 2 rings (SSSR count). The third-order valence-corrected chi connectivity index (χ3v) is 3.45. The molecule has 116 valence electrons. The second-order valence-electron chi connectivity index (χ2n) is 5.10. The van der Waals surface area contributed by atoms with Gasteiger partial charge in [0.05, 0.1) is 12.5 Å². The molecule has 0 bridgehead atoms. The van der Waals surface area contributed by atoms with Gasteiger partial charge in [-0.05, 0) is 49.1 Å². The Kier molecular flexibility index (Phi) is 5.95. The molecule has 1 unspecified atom stereocenters. The van der Waals surface area contributed by atoms with Gasteiger partial charge < -0.3 is 9.84 Å². The van der Waals surface area contributed by atoms with Gasteiger partial charge in [0.2, 0.25) is 0 Å². The Bertz CT molecular complexity index is 598. The fraction of sp³-hybridized carbons (Fsp3) is 0.278. The van der Waals surface area contributed by atoms with Crippen LogP contribution in [0.2, 0.25) is 0 Å². The maximum Gasteiger partial charge on any atom is 0.310 e. The lowest BCUT2D eigenvalue weighted by atomic mass is 9.93. The van der Waals surface area contributed by atoms with Crippen LogP contribution in [-0.2, 0) is 4.79 Å². The van der Waals surface area contributed by atoms with Gasteiger partial charge in [0.1, 0.15) is 11.6 Å². The quantitative estimate of drug-likeness (QED) is 0.742. The average molecular weight is 302 g/mol. The summed E-state index contributed by atoms with van der Waals surface area (Å²) >= 11 is 0. The number of halogens is 1. The van der Waals surface area contributed by atoms with Crippen LogP contribution in [0, 0.1) is 5.82 Å². The van der Waals surface area contributed by atoms with Gasteiger partial charge in [-0.2, -0.15) is 0 Å². The minimum Gasteiger partial charge on any atom is -0.494 e.